The van der Waals surface area contributed by atoms with Gasteiger partial charge in [-0.3, -0.25) is 9.69 Å². The van der Waals surface area contributed by atoms with Crippen molar-refractivity contribution in [2.45, 2.75) is 19.4 Å². The molecule has 0 unspecified atom stereocenters. The fourth-order valence-electron chi connectivity index (χ4n) is 3.45. The van der Waals surface area contributed by atoms with Crippen molar-refractivity contribution >= 4 is 17.2 Å². The molecule has 1 aromatic carbocycles. The maximum absolute atomic E-state index is 13.1. The third-order valence-electron chi connectivity index (χ3n) is 5.19. The lowest BCUT2D eigenvalue weighted by Gasteiger charge is -2.40. The van der Waals surface area contributed by atoms with Crippen LogP contribution in [0.2, 0.25) is 0 Å². The molecule has 0 aromatic heterocycles. The summed E-state index contributed by atoms with van der Waals surface area (Å²) in [5.41, 5.74) is 2.63. The van der Waals surface area contributed by atoms with E-state index in [0.717, 1.165) is 37.4 Å². The van der Waals surface area contributed by atoms with Gasteiger partial charge in [-0.25, -0.2) is 0 Å². The van der Waals surface area contributed by atoms with Crippen molar-refractivity contribution in [3.63, 3.8) is 0 Å². The topological polar surface area (TPSA) is 36.0 Å². The zero-order valence-corrected chi connectivity index (χ0v) is 14.6. The second kappa shape index (κ2) is 6.13. The number of rotatable bonds is 3. The van der Waals surface area contributed by atoms with E-state index < -0.39 is 5.54 Å². The van der Waals surface area contributed by atoms with Gasteiger partial charge in [0.1, 0.15) is 0 Å². The van der Waals surface area contributed by atoms with Gasteiger partial charge in [-0.15, -0.1) is 0 Å². The quantitative estimate of drug-likeness (QED) is 0.796. The van der Waals surface area contributed by atoms with Gasteiger partial charge in [-0.2, -0.15) is 0 Å². The van der Waals surface area contributed by atoms with E-state index in [9.17, 15) is 4.79 Å². The summed E-state index contributed by atoms with van der Waals surface area (Å²) in [5, 5.41) is 0. The van der Waals surface area contributed by atoms with Crippen LogP contribution in [-0.4, -0.2) is 69.7 Å². The Morgan fingerprint density at radius 3 is 2.26 bits per heavy atom. The van der Waals surface area contributed by atoms with Gasteiger partial charge in [0.25, 0.3) is 0 Å². The van der Waals surface area contributed by atoms with Crippen LogP contribution in [0, 0.1) is 0 Å². The third kappa shape index (κ3) is 2.95. The molecule has 3 rings (SSSR count). The van der Waals surface area contributed by atoms with Crippen molar-refractivity contribution in [1.82, 2.24) is 4.90 Å². The monoisotopic (exact) mass is 317 g/mol. The van der Waals surface area contributed by atoms with Gasteiger partial charge in [-0.1, -0.05) is 0 Å². The van der Waals surface area contributed by atoms with E-state index in [1.807, 2.05) is 19.9 Å². The Kier molecular flexibility index (Phi) is 4.34. The molecule has 0 saturated carbocycles. The van der Waals surface area contributed by atoms with Crippen LogP contribution in [0.1, 0.15) is 24.2 Å². The summed E-state index contributed by atoms with van der Waals surface area (Å²) in [6.07, 6.45) is 0. The molecule has 0 aliphatic carbocycles. The highest BCUT2D eigenvalue weighted by molar-refractivity contribution is 6.04. The second-order valence-electron chi connectivity index (χ2n) is 7.03. The fraction of sp³-hybridized carbons (Fsp3) is 0.611. The predicted molar refractivity (Wildman–Crippen MR) is 93.8 cm³/mol. The van der Waals surface area contributed by atoms with Crippen LogP contribution in [0.25, 0.3) is 0 Å². The predicted octanol–water partition coefficient (Wildman–Crippen LogP) is 1.87. The number of likely N-dealkylation sites (N-methyl/N-ethyl adjacent to an activating group) is 2. The number of fused-ring (bicyclic) bond motifs is 1. The second-order valence-corrected chi connectivity index (χ2v) is 7.03. The number of Topliss-reactive ketones (excluding diaryl/α,β-unsaturated/α-hetero) is 1. The van der Waals surface area contributed by atoms with Crippen molar-refractivity contribution in [3.05, 3.63) is 23.8 Å². The third-order valence-corrected chi connectivity index (χ3v) is 5.19. The number of anilines is 2. The molecule has 2 aliphatic rings. The Bertz CT molecular complexity index is 594. The molecule has 5 nitrogen and oxygen atoms in total. The van der Waals surface area contributed by atoms with Crippen LogP contribution in [0.15, 0.2) is 18.2 Å². The van der Waals surface area contributed by atoms with Gasteiger partial charge in [0, 0.05) is 45.8 Å². The first kappa shape index (κ1) is 16.3. The first-order valence-corrected chi connectivity index (χ1v) is 8.35. The number of carbonyl (C=O) groups is 1. The Morgan fingerprint density at radius 1 is 1.00 bits per heavy atom. The maximum atomic E-state index is 13.1. The molecule has 0 amide bonds. The maximum Gasteiger partial charge on any atom is 0.182 e. The van der Waals surface area contributed by atoms with E-state index in [1.54, 1.807) is 0 Å². The van der Waals surface area contributed by atoms with Gasteiger partial charge < -0.3 is 14.5 Å². The number of morpholine rings is 1. The van der Waals surface area contributed by atoms with Crippen LogP contribution in [0.4, 0.5) is 11.4 Å². The van der Waals surface area contributed by atoms with Gasteiger partial charge in [0.15, 0.2) is 5.78 Å². The fourth-order valence-corrected chi connectivity index (χ4v) is 3.45. The molecule has 0 bridgehead atoms. The summed E-state index contributed by atoms with van der Waals surface area (Å²) in [5.74, 6) is 0.184. The van der Waals surface area contributed by atoms with E-state index in [4.69, 9.17) is 4.74 Å². The minimum atomic E-state index is -0.503. The molecule has 0 radical (unpaired) electrons. The van der Waals surface area contributed by atoms with Gasteiger partial charge in [0.05, 0.1) is 30.1 Å². The molecule has 1 saturated heterocycles. The first-order chi connectivity index (χ1) is 10.9. The summed E-state index contributed by atoms with van der Waals surface area (Å²) in [4.78, 5) is 19.8. The molecule has 126 valence electrons. The lowest BCUT2D eigenvalue weighted by atomic mass is 9.90. The lowest BCUT2D eigenvalue weighted by Crippen LogP contribution is -2.54. The van der Waals surface area contributed by atoms with Gasteiger partial charge in [0.2, 0.25) is 0 Å². The molecule has 1 fully saturated rings. The van der Waals surface area contributed by atoms with Crippen LogP contribution in [0.3, 0.4) is 0 Å². The number of carbonyl (C=O) groups excluding carboxylic acids is 1. The number of ketones is 1. The van der Waals surface area contributed by atoms with Crippen LogP contribution < -0.4 is 9.80 Å². The van der Waals surface area contributed by atoms with Crippen molar-refractivity contribution in [3.8, 4) is 0 Å². The molecule has 0 N–H and O–H groups in total. The number of hydrogen-bond donors (Lipinski definition) is 0. The number of benzene rings is 1. The zero-order valence-electron chi connectivity index (χ0n) is 14.6. The minimum Gasteiger partial charge on any atom is -0.379 e. The normalized spacial score (nSPS) is 19.7. The molecule has 1 aromatic rings. The van der Waals surface area contributed by atoms with E-state index in [2.05, 4.69) is 40.9 Å². The molecular weight excluding hydrogens is 290 g/mol. The van der Waals surface area contributed by atoms with E-state index in [1.165, 1.54) is 5.69 Å². The van der Waals surface area contributed by atoms with Crippen molar-refractivity contribution in [2.75, 3.05) is 63.3 Å². The summed E-state index contributed by atoms with van der Waals surface area (Å²) >= 11 is 0. The summed E-state index contributed by atoms with van der Waals surface area (Å²) < 4.78 is 5.42. The smallest absolute Gasteiger partial charge is 0.182 e. The lowest BCUT2D eigenvalue weighted by molar-refractivity contribution is -0.00429. The Hall–Kier alpha value is -1.59. The molecule has 0 atom stereocenters. The van der Waals surface area contributed by atoms with Crippen molar-refractivity contribution in [2.24, 2.45) is 0 Å². The standard InChI is InChI=1S/C18H27N3O2/c1-18(2,21-9-11-23-12-10-21)17(22)14-5-6-15-16(13-14)20(4)8-7-19(15)3/h5-6,13H,7-12H2,1-4H3. The highest BCUT2D eigenvalue weighted by atomic mass is 16.5. The number of hydrogen-bond acceptors (Lipinski definition) is 5. The van der Waals surface area contributed by atoms with Crippen molar-refractivity contribution in [1.29, 1.82) is 0 Å². The highest BCUT2D eigenvalue weighted by Crippen LogP contribution is 2.33. The SMILES string of the molecule is CN1CCN(C)c2cc(C(=O)C(C)(C)N3CCOCC3)ccc21. The molecular formula is C18H27N3O2. The molecule has 23 heavy (non-hydrogen) atoms. The summed E-state index contributed by atoms with van der Waals surface area (Å²) in [6, 6.07) is 6.10. The van der Waals surface area contributed by atoms with E-state index in [0.29, 0.717) is 13.2 Å². The largest absolute Gasteiger partial charge is 0.379 e. The number of nitrogens with zero attached hydrogens (tertiary/aromatic N) is 3. The summed E-state index contributed by atoms with van der Waals surface area (Å²) in [7, 11) is 4.19. The van der Waals surface area contributed by atoms with Crippen LogP contribution >= 0.6 is 0 Å². The Labute approximate surface area is 138 Å². The molecule has 5 heteroatoms. The summed E-state index contributed by atoms with van der Waals surface area (Å²) in [6.45, 7) is 9.07. The van der Waals surface area contributed by atoms with E-state index in [-0.39, 0.29) is 5.78 Å². The Balaban J connectivity index is 1.89. The molecule has 0 spiro atoms. The molecule has 2 heterocycles. The first-order valence-electron chi connectivity index (χ1n) is 8.35. The number of ether oxygens (including phenoxy) is 1. The van der Waals surface area contributed by atoms with E-state index >= 15 is 0 Å². The van der Waals surface area contributed by atoms with Crippen LogP contribution in [-0.2, 0) is 4.74 Å². The van der Waals surface area contributed by atoms with Crippen molar-refractivity contribution < 1.29 is 9.53 Å². The minimum absolute atomic E-state index is 0.184. The average Bonchev–Trinajstić information content (AvgIpc) is 2.58. The van der Waals surface area contributed by atoms with Crippen LogP contribution in [0.5, 0.6) is 0 Å². The van der Waals surface area contributed by atoms with Gasteiger partial charge in [-0.05, 0) is 32.0 Å². The zero-order chi connectivity index (χ0) is 16.6. The Morgan fingerprint density at radius 2 is 1.61 bits per heavy atom. The average molecular weight is 317 g/mol. The highest BCUT2D eigenvalue weighted by Gasteiger charge is 2.36. The molecule has 2 aliphatic heterocycles. The van der Waals surface area contributed by atoms with Gasteiger partial charge >= 0.3 is 0 Å².